The van der Waals surface area contributed by atoms with Gasteiger partial charge in [0.2, 0.25) is 5.43 Å². The normalized spacial score (nSPS) is 16.7. The molecule has 0 saturated carbocycles. The lowest BCUT2D eigenvalue weighted by atomic mass is 10.2. The summed E-state index contributed by atoms with van der Waals surface area (Å²) >= 11 is 0. The van der Waals surface area contributed by atoms with E-state index in [0.717, 1.165) is 18.8 Å². The standard InChI is InChI=1S/C13H20N2O4/c16-5-1-2-15-10-13(18)12(17)8-11(15)9-14-3-6-19-7-4-14/h8,10,16,18H,1-7,9H2. The van der Waals surface area contributed by atoms with E-state index in [1.807, 2.05) is 4.57 Å². The van der Waals surface area contributed by atoms with Crippen LogP contribution in [0.1, 0.15) is 12.1 Å². The number of pyridine rings is 1. The molecule has 0 amide bonds. The van der Waals surface area contributed by atoms with Crippen molar-refractivity contribution < 1.29 is 14.9 Å². The van der Waals surface area contributed by atoms with Gasteiger partial charge in [-0.3, -0.25) is 9.69 Å². The van der Waals surface area contributed by atoms with E-state index in [-0.39, 0.29) is 17.8 Å². The number of aryl methyl sites for hydroxylation is 1. The topological polar surface area (TPSA) is 74.9 Å². The van der Waals surface area contributed by atoms with Gasteiger partial charge in [-0.1, -0.05) is 0 Å². The molecule has 2 heterocycles. The van der Waals surface area contributed by atoms with Crippen molar-refractivity contribution in [1.82, 2.24) is 9.47 Å². The summed E-state index contributed by atoms with van der Waals surface area (Å²) in [6, 6.07) is 1.47. The zero-order valence-corrected chi connectivity index (χ0v) is 10.9. The number of morpholine rings is 1. The number of aromatic nitrogens is 1. The van der Waals surface area contributed by atoms with Crippen LogP contribution in [0.4, 0.5) is 0 Å². The Bertz CT molecular complexity index is 466. The molecule has 1 fully saturated rings. The maximum atomic E-state index is 11.6. The Morgan fingerprint density at radius 2 is 2.05 bits per heavy atom. The largest absolute Gasteiger partial charge is 0.503 e. The van der Waals surface area contributed by atoms with Crippen LogP contribution >= 0.6 is 0 Å². The Hall–Kier alpha value is -1.37. The first kappa shape index (κ1) is 14.0. The second-order valence-corrected chi connectivity index (χ2v) is 4.67. The molecule has 0 bridgehead atoms. The van der Waals surface area contributed by atoms with Gasteiger partial charge in [0.25, 0.3) is 0 Å². The highest BCUT2D eigenvalue weighted by Crippen LogP contribution is 2.10. The van der Waals surface area contributed by atoms with Crippen LogP contribution in [0.3, 0.4) is 0 Å². The van der Waals surface area contributed by atoms with Gasteiger partial charge in [0.1, 0.15) is 0 Å². The van der Waals surface area contributed by atoms with Crippen LogP contribution < -0.4 is 5.43 Å². The molecule has 0 atom stereocenters. The molecule has 19 heavy (non-hydrogen) atoms. The molecule has 6 nitrogen and oxygen atoms in total. The Balaban J connectivity index is 2.15. The minimum atomic E-state index is -0.358. The molecule has 1 aromatic rings. The Morgan fingerprint density at radius 3 is 2.74 bits per heavy atom. The molecule has 0 aliphatic carbocycles. The number of aliphatic hydroxyl groups excluding tert-OH is 1. The number of aromatic hydroxyl groups is 1. The predicted octanol–water partition coefficient (Wildman–Crippen LogP) is -0.231. The molecule has 6 heteroatoms. The maximum absolute atomic E-state index is 11.6. The van der Waals surface area contributed by atoms with Crippen LogP contribution in [0.2, 0.25) is 0 Å². The molecule has 0 aromatic carbocycles. The summed E-state index contributed by atoms with van der Waals surface area (Å²) in [5, 5.41) is 18.4. The van der Waals surface area contributed by atoms with Crippen LogP contribution in [0.25, 0.3) is 0 Å². The van der Waals surface area contributed by atoms with Gasteiger partial charge in [-0.2, -0.15) is 0 Å². The summed E-state index contributed by atoms with van der Waals surface area (Å²) in [5.41, 5.74) is 0.502. The van der Waals surface area contributed by atoms with Crippen LogP contribution in [-0.2, 0) is 17.8 Å². The Kier molecular flexibility index (Phi) is 4.95. The van der Waals surface area contributed by atoms with E-state index in [2.05, 4.69) is 4.90 Å². The minimum absolute atomic E-state index is 0.0872. The zero-order valence-electron chi connectivity index (χ0n) is 10.9. The summed E-state index contributed by atoms with van der Waals surface area (Å²) in [4.78, 5) is 13.8. The Morgan fingerprint density at radius 1 is 1.32 bits per heavy atom. The second kappa shape index (κ2) is 6.70. The molecule has 1 aliphatic rings. The highest BCUT2D eigenvalue weighted by Gasteiger charge is 2.13. The smallest absolute Gasteiger partial charge is 0.223 e. The van der Waals surface area contributed by atoms with Crippen LogP contribution in [0, 0.1) is 0 Å². The van der Waals surface area contributed by atoms with Crippen molar-refractivity contribution in [2.45, 2.75) is 19.5 Å². The highest BCUT2D eigenvalue weighted by atomic mass is 16.5. The predicted molar refractivity (Wildman–Crippen MR) is 70.2 cm³/mol. The van der Waals surface area contributed by atoms with Crippen molar-refractivity contribution in [3.05, 3.63) is 28.2 Å². The monoisotopic (exact) mass is 268 g/mol. The average molecular weight is 268 g/mol. The van der Waals surface area contributed by atoms with E-state index >= 15 is 0 Å². The third kappa shape index (κ3) is 3.79. The lowest BCUT2D eigenvalue weighted by molar-refractivity contribution is 0.0330. The number of ether oxygens (including phenoxy) is 1. The lowest BCUT2D eigenvalue weighted by Crippen LogP contribution is -2.36. The molecule has 1 aromatic heterocycles. The first-order chi connectivity index (χ1) is 9.20. The first-order valence-corrected chi connectivity index (χ1v) is 6.54. The molecule has 2 N–H and O–H groups in total. The van der Waals surface area contributed by atoms with Gasteiger partial charge in [0, 0.05) is 44.5 Å². The lowest BCUT2D eigenvalue weighted by Gasteiger charge is -2.27. The van der Waals surface area contributed by atoms with Gasteiger partial charge in [0.05, 0.1) is 19.4 Å². The van der Waals surface area contributed by atoms with Crippen molar-refractivity contribution in [3.63, 3.8) is 0 Å². The molecular formula is C13H20N2O4. The summed E-state index contributed by atoms with van der Waals surface area (Å²) in [5.74, 6) is -0.247. The van der Waals surface area contributed by atoms with Gasteiger partial charge in [0.15, 0.2) is 5.75 Å². The molecule has 0 unspecified atom stereocenters. The summed E-state index contributed by atoms with van der Waals surface area (Å²) < 4.78 is 7.13. The number of hydrogen-bond acceptors (Lipinski definition) is 5. The molecule has 1 saturated heterocycles. The van der Waals surface area contributed by atoms with E-state index in [1.165, 1.54) is 12.3 Å². The quantitative estimate of drug-likeness (QED) is 0.771. The Labute approximate surface area is 111 Å². The molecule has 106 valence electrons. The van der Waals surface area contributed by atoms with Gasteiger partial charge in [-0.15, -0.1) is 0 Å². The third-order valence-electron chi connectivity index (χ3n) is 3.24. The van der Waals surface area contributed by atoms with E-state index in [9.17, 15) is 9.90 Å². The minimum Gasteiger partial charge on any atom is -0.503 e. The van der Waals surface area contributed by atoms with Crippen molar-refractivity contribution in [3.8, 4) is 5.75 Å². The summed E-state index contributed by atoms with van der Waals surface area (Å²) in [6.45, 7) is 4.43. The van der Waals surface area contributed by atoms with E-state index in [0.29, 0.717) is 32.7 Å². The van der Waals surface area contributed by atoms with Crippen molar-refractivity contribution >= 4 is 0 Å². The maximum Gasteiger partial charge on any atom is 0.223 e. The van der Waals surface area contributed by atoms with E-state index in [4.69, 9.17) is 9.84 Å². The third-order valence-corrected chi connectivity index (χ3v) is 3.24. The fourth-order valence-electron chi connectivity index (χ4n) is 2.18. The van der Waals surface area contributed by atoms with Gasteiger partial charge in [-0.25, -0.2) is 0 Å². The fraction of sp³-hybridized carbons (Fsp3) is 0.615. The second-order valence-electron chi connectivity index (χ2n) is 4.67. The SMILES string of the molecule is O=c1cc(CN2CCOCC2)n(CCCO)cc1O. The molecule has 2 rings (SSSR count). The van der Waals surface area contributed by atoms with Gasteiger partial charge in [-0.05, 0) is 6.42 Å². The number of nitrogens with zero attached hydrogens (tertiary/aromatic N) is 2. The zero-order chi connectivity index (χ0) is 13.7. The molecule has 1 aliphatic heterocycles. The average Bonchev–Trinajstić information content (AvgIpc) is 2.42. The number of aliphatic hydroxyl groups is 1. The summed E-state index contributed by atoms with van der Waals surface area (Å²) in [6.07, 6.45) is 2.05. The number of hydrogen-bond donors (Lipinski definition) is 2. The fourth-order valence-corrected chi connectivity index (χ4v) is 2.18. The highest BCUT2D eigenvalue weighted by molar-refractivity contribution is 5.20. The first-order valence-electron chi connectivity index (χ1n) is 6.54. The summed E-state index contributed by atoms with van der Waals surface area (Å²) in [7, 11) is 0. The van der Waals surface area contributed by atoms with Gasteiger partial charge < -0.3 is 19.5 Å². The van der Waals surface area contributed by atoms with Gasteiger partial charge >= 0.3 is 0 Å². The molecule has 0 spiro atoms. The molecule has 0 radical (unpaired) electrons. The number of rotatable bonds is 5. The van der Waals surface area contributed by atoms with E-state index < -0.39 is 0 Å². The van der Waals surface area contributed by atoms with Crippen molar-refractivity contribution in [2.75, 3.05) is 32.9 Å². The van der Waals surface area contributed by atoms with Crippen LogP contribution in [-0.4, -0.2) is 52.6 Å². The van der Waals surface area contributed by atoms with E-state index in [1.54, 1.807) is 0 Å². The molecular weight excluding hydrogens is 248 g/mol. The van der Waals surface area contributed by atoms with Crippen LogP contribution in [0.15, 0.2) is 17.1 Å². The van der Waals surface area contributed by atoms with Crippen molar-refractivity contribution in [1.29, 1.82) is 0 Å². The van der Waals surface area contributed by atoms with Crippen molar-refractivity contribution in [2.24, 2.45) is 0 Å². The van der Waals surface area contributed by atoms with Crippen LogP contribution in [0.5, 0.6) is 5.75 Å².